The van der Waals surface area contributed by atoms with Crippen LogP contribution in [0, 0.1) is 0 Å². The Balaban J connectivity index is 2.37. The number of rotatable bonds is 4. The van der Waals surface area contributed by atoms with Crippen LogP contribution in [0.25, 0.3) is 0 Å². The molecule has 0 heterocycles. The van der Waals surface area contributed by atoms with Gasteiger partial charge in [0.15, 0.2) is 0 Å². The number of carbonyl (C=O) groups is 1. The third kappa shape index (κ3) is 4.11. The third-order valence-electron chi connectivity index (χ3n) is 3.40. The monoisotopic (exact) mass is 391 g/mol. The molecule has 1 amide bonds. The highest BCUT2D eigenvalue weighted by atomic mass is 35.5. The van der Waals surface area contributed by atoms with Crippen molar-refractivity contribution >= 4 is 52.3 Å². The van der Waals surface area contributed by atoms with Crippen molar-refractivity contribution < 1.29 is 9.90 Å². The fourth-order valence-electron chi connectivity index (χ4n) is 2.07. The predicted octanol–water partition coefficient (Wildman–Crippen LogP) is 4.94. The largest absolute Gasteiger partial charge is 0.394 e. The molecule has 3 nitrogen and oxygen atoms in total. The van der Waals surface area contributed by atoms with E-state index in [1.54, 1.807) is 43.3 Å². The fourth-order valence-corrected chi connectivity index (χ4v) is 2.98. The number of nitrogens with one attached hydrogen (secondary N) is 1. The second kappa shape index (κ2) is 7.29. The maximum atomic E-state index is 12.5. The summed E-state index contributed by atoms with van der Waals surface area (Å²) in [5, 5.41) is 13.8. The second-order valence-corrected chi connectivity index (χ2v) is 6.86. The molecule has 7 heteroatoms. The number of carbonyl (C=O) groups excluding carboxylic acids is 1. The molecule has 2 N–H and O–H groups in total. The van der Waals surface area contributed by atoms with Crippen LogP contribution in [-0.2, 0) is 5.54 Å². The number of aliphatic hydroxyl groups is 1. The van der Waals surface area contributed by atoms with Crippen molar-refractivity contribution in [2.45, 2.75) is 12.5 Å². The molecular formula is C16H13Cl4NO2. The van der Waals surface area contributed by atoms with Crippen LogP contribution in [0.1, 0.15) is 22.8 Å². The first kappa shape index (κ1) is 18.4. The molecule has 0 radical (unpaired) electrons. The van der Waals surface area contributed by atoms with Gasteiger partial charge in [0.2, 0.25) is 0 Å². The summed E-state index contributed by atoms with van der Waals surface area (Å²) in [6.07, 6.45) is 0. The van der Waals surface area contributed by atoms with Crippen molar-refractivity contribution in [3.8, 4) is 0 Å². The molecule has 0 bridgehead atoms. The molecule has 0 saturated heterocycles. The number of benzene rings is 2. The summed E-state index contributed by atoms with van der Waals surface area (Å²) in [6.45, 7) is 1.30. The fraction of sp³-hybridized carbons (Fsp3) is 0.188. The second-order valence-electron chi connectivity index (χ2n) is 5.20. The van der Waals surface area contributed by atoms with Crippen molar-refractivity contribution in [3.05, 3.63) is 67.6 Å². The standard InChI is InChI=1S/C16H13Cl4NO2/c1-16(8-22,9-5-10(17)7-11(18)6-9)21-15(23)12-3-2-4-13(19)14(12)20/h2-7,22H,8H2,1H3,(H,21,23). The quantitative estimate of drug-likeness (QED) is 0.774. The van der Waals surface area contributed by atoms with Gasteiger partial charge in [0.1, 0.15) is 0 Å². The molecule has 122 valence electrons. The minimum absolute atomic E-state index is 0.149. The SMILES string of the molecule is CC(CO)(NC(=O)c1cccc(Cl)c1Cl)c1cc(Cl)cc(Cl)c1. The summed E-state index contributed by atoms with van der Waals surface area (Å²) in [5.41, 5.74) is -0.298. The molecule has 1 unspecified atom stereocenters. The molecule has 0 fully saturated rings. The molecule has 2 aromatic rings. The van der Waals surface area contributed by atoms with E-state index in [0.29, 0.717) is 15.6 Å². The van der Waals surface area contributed by atoms with Crippen LogP contribution in [0.2, 0.25) is 20.1 Å². The maximum Gasteiger partial charge on any atom is 0.253 e. The van der Waals surface area contributed by atoms with Gasteiger partial charge in [-0.05, 0) is 42.8 Å². The summed E-state index contributed by atoms with van der Waals surface area (Å²) in [6, 6.07) is 9.58. The molecule has 0 aliphatic carbocycles. The van der Waals surface area contributed by atoms with Gasteiger partial charge < -0.3 is 10.4 Å². The Morgan fingerprint density at radius 3 is 2.30 bits per heavy atom. The number of aliphatic hydroxyl groups excluding tert-OH is 1. The molecule has 0 aromatic heterocycles. The van der Waals surface area contributed by atoms with E-state index in [1.165, 1.54) is 0 Å². The third-order valence-corrected chi connectivity index (χ3v) is 4.66. The number of hydrogen-bond acceptors (Lipinski definition) is 2. The highest BCUT2D eigenvalue weighted by Gasteiger charge is 2.30. The first-order chi connectivity index (χ1) is 10.8. The smallest absolute Gasteiger partial charge is 0.253 e. The molecule has 0 saturated carbocycles. The summed E-state index contributed by atoms with van der Waals surface area (Å²) >= 11 is 24.0. The minimum atomic E-state index is -1.09. The summed E-state index contributed by atoms with van der Waals surface area (Å²) in [7, 11) is 0. The van der Waals surface area contributed by atoms with Crippen molar-refractivity contribution in [1.29, 1.82) is 0 Å². The van der Waals surface area contributed by atoms with Gasteiger partial charge >= 0.3 is 0 Å². The van der Waals surface area contributed by atoms with E-state index in [4.69, 9.17) is 46.4 Å². The molecule has 0 spiro atoms. The van der Waals surface area contributed by atoms with E-state index in [9.17, 15) is 9.90 Å². The summed E-state index contributed by atoms with van der Waals surface area (Å²) < 4.78 is 0. The number of hydrogen-bond donors (Lipinski definition) is 2. The average molecular weight is 393 g/mol. The lowest BCUT2D eigenvalue weighted by Gasteiger charge is -2.30. The Morgan fingerprint density at radius 1 is 1.13 bits per heavy atom. The van der Waals surface area contributed by atoms with Crippen LogP contribution in [-0.4, -0.2) is 17.6 Å². The Hall–Kier alpha value is -0.970. The van der Waals surface area contributed by atoms with Crippen molar-refractivity contribution in [2.75, 3.05) is 6.61 Å². The van der Waals surface area contributed by atoms with Gasteiger partial charge in [-0.15, -0.1) is 0 Å². The normalized spacial score (nSPS) is 13.5. The molecule has 1 atom stereocenters. The van der Waals surface area contributed by atoms with Crippen LogP contribution in [0.5, 0.6) is 0 Å². The summed E-state index contributed by atoms with van der Waals surface area (Å²) in [5.74, 6) is -0.467. The van der Waals surface area contributed by atoms with Crippen LogP contribution in [0.3, 0.4) is 0 Å². The van der Waals surface area contributed by atoms with Gasteiger partial charge in [-0.2, -0.15) is 0 Å². The van der Waals surface area contributed by atoms with Crippen molar-refractivity contribution in [3.63, 3.8) is 0 Å². The molecule has 2 aromatic carbocycles. The molecule has 2 rings (SSSR count). The topological polar surface area (TPSA) is 49.3 Å². The van der Waals surface area contributed by atoms with E-state index in [0.717, 1.165) is 0 Å². The molecular weight excluding hydrogens is 380 g/mol. The number of amides is 1. The zero-order valence-electron chi connectivity index (χ0n) is 12.0. The van der Waals surface area contributed by atoms with Gasteiger partial charge in [-0.3, -0.25) is 4.79 Å². The van der Waals surface area contributed by atoms with Crippen LogP contribution in [0.4, 0.5) is 0 Å². The van der Waals surface area contributed by atoms with Crippen molar-refractivity contribution in [1.82, 2.24) is 5.32 Å². The first-order valence-corrected chi connectivity index (χ1v) is 8.12. The first-order valence-electron chi connectivity index (χ1n) is 6.61. The van der Waals surface area contributed by atoms with Gasteiger partial charge in [-0.1, -0.05) is 52.5 Å². The van der Waals surface area contributed by atoms with Gasteiger partial charge in [-0.25, -0.2) is 0 Å². The molecule has 23 heavy (non-hydrogen) atoms. The molecule has 0 aliphatic rings. The predicted molar refractivity (Wildman–Crippen MR) is 94.8 cm³/mol. The zero-order valence-corrected chi connectivity index (χ0v) is 15.1. The Bertz CT molecular complexity index is 731. The highest BCUT2D eigenvalue weighted by Crippen LogP contribution is 2.29. The summed E-state index contributed by atoms with van der Waals surface area (Å²) in [4.78, 5) is 12.5. The van der Waals surface area contributed by atoms with Crippen LogP contribution < -0.4 is 5.32 Å². The van der Waals surface area contributed by atoms with E-state index < -0.39 is 11.4 Å². The maximum absolute atomic E-state index is 12.5. The Morgan fingerprint density at radius 2 is 1.74 bits per heavy atom. The van der Waals surface area contributed by atoms with E-state index in [-0.39, 0.29) is 22.2 Å². The average Bonchev–Trinajstić information content (AvgIpc) is 2.48. The lowest BCUT2D eigenvalue weighted by molar-refractivity contribution is 0.0849. The number of halogens is 4. The van der Waals surface area contributed by atoms with Gasteiger partial charge in [0.05, 0.1) is 27.8 Å². The highest BCUT2D eigenvalue weighted by molar-refractivity contribution is 6.43. The lowest BCUT2D eigenvalue weighted by Crippen LogP contribution is -2.46. The lowest BCUT2D eigenvalue weighted by atomic mass is 9.92. The minimum Gasteiger partial charge on any atom is -0.394 e. The van der Waals surface area contributed by atoms with Gasteiger partial charge in [0.25, 0.3) is 5.91 Å². The zero-order chi connectivity index (χ0) is 17.2. The molecule has 0 aliphatic heterocycles. The Labute approximate surface area is 154 Å². The van der Waals surface area contributed by atoms with Gasteiger partial charge in [0, 0.05) is 10.0 Å². The van der Waals surface area contributed by atoms with E-state index in [1.807, 2.05) is 0 Å². The Kier molecular flexibility index (Phi) is 5.82. The van der Waals surface area contributed by atoms with Crippen LogP contribution in [0.15, 0.2) is 36.4 Å². The van der Waals surface area contributed by atoms with Crippen LogP contribution >= 0.6 is 46.4 Å². The van der Waals surface area contributed by atoms with E-state index in [2.05, 4.69) is 5.32 Å². The van der Waals surface area contributed by atoms with Crippen molar-refractivity contribution in [2.24, 2.45) is 0 Å². The van der Waals surface area contributed by atoms with E-state index >= 15 is 0 Å².